The standard InChI is InChI=1S/C11H16O2/c1-8-9(12)6-5-7-10(8)13-11(2,3)4/h5-7,12H,1-4H3. The van der Waals surface area contributed by atoms with Gasteiger partial charge in [0.05, 0.1) is 0 Å². The molecule has 0 fully saturated rings. The molecular weight excluding hydrogens is 164 g/mol. The molecule has 1 aromatic carbocycles. The highest BCUT2D eigenvalue weighted by Gasteiger charge is 2.14. The van der Waals surface area contributed by atoms with Crippen molar-refractivity contribution in [3.05, 3.63) is 23.8 Å². The van der Waals surface area contributed by atoms with E-state index in [4.69, 9.17) is 4.74 Å². The van der Waals surface area contributed by atoms with Gasteiger partial charge in [-0.2, -0.15) is 0 Å². The van der Waals surface area contributed by atoms with Gasteiger partial charge in [0, 0.05) is 5.56 Å². The maximum absolute atomic E-state index is 9.42. The fraction of sp³-hybridized carbons (Fsp3) is 0.455. The zero-order valence-electron chi connectivity index (χ0n) is 8.59. The molecule has 0 aromatic heterocycles. The smallest absolute Gasteiger partial charge is 0.126 e. The lowest BCUT2D eigenvalue weighted by atomic mass is 10.1. The monoisotopic (exact) mass is 180 g/mol. The minimum Gasteiger partial charge on any atom is -0.508 e. The van der Waals surface area contributed by atoms with Crippen LogP contribution in [0.25, 0.3) is 0 Å². The van der Waals surface area contributed by atoms with Crippen molar-refractivity contribution in [1.29, 1.82) is 0 Å². The van der Waals surface area contributed by atoms with Crippen LogP contribution in [0.5, 0.6) is 11.5 Å². The van der Waals surface area contributed by atoms with Crippen molar-refractivity contribution in [2.45, 2.75) is 33.3 Å². The van der Waals surface area contributed by atoms with Gasteiger partial charge in [-0.1, -0.05) is 6.07 Å². The van der Waals surface area contributed by atoms with Gasteiger partial charge in [0.15, 0.2) is 0 Å². The van der Waals surface area contributed by atoms with E-state index in [1.165, 1.54) is 0 Å². The molecule has 0 saturated heterocycles. The molecule has 72 valence electrons. The molecule has 0 atom stereocenters. The summed E-state index contributed by atoms with van der Waals surface area (Å²) in [6.07, 6.45) is 0. The van der Waals surface area contributed by atoms with Crippen molar-refractivity contribution in [1.82, 2.24) is 0 Å². The lowest BCUT2D eigenvalue weighted by Gasteiger charge is -2.22. The Hall–Kier alpha value is -1.18. The van der Waals surface area contributed by atoms with Crippen LogP contribution in [0.3, 0.4) is 0 Å². The van der Waals surface area contributed by atoms with E-state index in [0.717, 1.165) is 11.3 Å². The molecule has 0 heterocycles. The minimum absolute atomic E-state index is 0.224. The van der Waals surface area contributed by atoms with Crippen LogP contribution in [-0.4, -0.2) is 10.7 Å². The van der Waals surface area contributed by atoms with Gasteiger partial charge >= 0.3 is 0 Å². The third-order valence-electron chi connectivity index (χ3n) is 1.67. The number of ether oxygens (including phenoxy) is 1. The average Bonchev–Trinajstić information content (AvgIpc) is 1.96. The first-order chi connectivity index (χ1) is 5.90. The molecule has 1 rings (SSSR count). The normalized spacial score (nSPS) is 11.4. The van der Waals surface area contributed by atoms with E-state index in [0.29, 0.717) is 0 Å². The molecule has 2 heteroatoms. The van der Waals surface area contributed by atoms with Crippen molar-refractivity contribution in [3.63, 3.8) is 0 Å². The van der Waals surface area contributed by atoms with Gasteiger partial charge in [-0.05, 0) is 39.8 Å². The summed E-state index contributed by atoms with van der Waals surface area (Å²) in [5.41, 5.74) is 0.566. The van der Waals surface area contributed by atoms with Crippen molar-refractivity contribution < 1.29 is 9.84 Å². The molecule has 0 saturated carbocycles. The largest absolute Gasteiger partial charge is 0.508 e. The maximum Gasteiger partial charge on any atom is 0.126 e. The van der Waals surface area contributed by atoms with Crippen molar-refractivity contribution in [2.24, 2.45) is 0 Å². The predicted molar refractivity (Wildman–Crippen MR) is 53.2 cm³/mol. The molecule has 0 aliphatic carbocycles. The molecular formula is C11H16O2. The molecule has 1 aromatic rings. The van der Waals surface area contributed by atoms with Gasteiger partial charge < -0.3 is 9.84 Å². The summed E-state index contributed by atoms with van der Waals surface area (Å²) in [7, 11) is 0. The van der Waals surface area contributed by atoms with Crippen LogP contribution in [0.4, 0.5) is 0 Å². The van der Waals surface area contributed by atoms with Crippen LogP contribution < -0.4 is 4.74 Å². The second kappa shape index (κ2) is 3.29. The molecule has 1 N–H and O–H groups in total. The molecule has 0 radical (unpaired) electrons. The quantitative estimate of drug-likeness (QED) is 0.720. The van der Waals surface area contributed by atoms with E-state index in [2.05, 4.69) is 0 Å². The number of phenolic OH excluding ortho intramolecular Hbond substituents is 1. The first-order valence-electron chi connectivity index (χ1n) is 4.38. The lowest BCUT2D eigenvalue weighted by Crippen LogP contribution is -2.23. The Morgan fingerprint density at radius 3 is 2.38 bits per heavy atom. The fourth-order valence-electron chi connectivity index (χ4n) is 1.04. The van der Waals surface area contributed by atoms with Gasteiger partial charge in [0.1, 0.15) is 17.1 Å². The van der Waals surface area contributed by atoms with Crippen molar-refractivity contribution in [3.8, 4) is 11.5 Å². The lowest BCUT2D eigenvalue weighted by molar-refractivity contribution is 0.129. The maximum atomic E-state index is 9.42. The summed E-state index contributed by atoms with van der Waals surface area (Å²) < 4.78 is 5.65. The molecule has 0 aliphatic heterocycles. The van der Waals surface area contributed by atoms with Crippen LogP contribution in [-0.2, 0) is 0 Å². The first kappa shape index (κ1) is 9.90. The summed E-state index contributed by atoms with van der Waals surface area (Å²) >= 11 is 0. The summed E-state index contributed by atoms with van der Waals surface area (Å²) in [4.78, 5) is 0. The van der Waals surface area contributed by atoms with Crippen LogP contribution in [0.15, 0.2) is 18.2 Å². The SMILES string of the molecule is Cc1c(O)cccc1OC(C)(C)C. The van der Waals surface area contributed by atoms with Crippen LogP contribution >= 0.6 is 0 Å². The second-order valence-corrected chi connectivity index (χ2v) is 4.11. The third-order valence-corrected chi connectivity index (χ3v) is 1.67. The van der Waals surface area contributed by atoms with Crippen molar-refractivity contribution in [2.75, 3.05) is 0 Å². The molecule has 0 amide bonds. The Bertz CT molecular complexity index is 297. The number of phenols is 1. The Morgan fingerprint density at radius 2 is 1.85 bits per heavy atom. The summed E-state index contributed by atoms with van der Waals surface area (Å²) in [5.74, 6) is 1.02. The minimum atomic E-state index is -0.224. The Balaban J connectivity index is 2.96. The fourth-order valence-corrected chi connectivity index (χ4v) is 1.04. The molecule has 0 aliphatic rings. The number of aromatic hydroxyl groups is 1. The summed E-state index contributed by atoms with van der Waals surface area (Å²) in [6.45, 7) is 7.79. The zero-order valence-corrected chi connectivity index (χ0v) is 8.59. The second-order valence-electron chi connectivity index (χ2n) is 4.11. The van der Waals surface area contributed by atoms with E-state index in [-0.39, 0.29) is 11.4 Å². The summed E-state index contributed by atoms with van der Waals surface area (Å²) in [5, 5.41) is 9.42. The number of rotatable bonds is 1. The highest BCUT2D eigenvalue weighted by atomic mass is 16.5. The van der Waals surface area contributed by atoms with Crippen LogP contribution in [0.2, 0.25) is 0 Å². The number of benzene rings is 1. The molecule has 0 bridgehead atoms. The van der Waals surface area contributed by atoms with Gasteiger partial charge in [-0.15, -0.1) is 0 Å². The Labute approximate surface area is 79.2 Å². The zero-order chi connectivity index (χ0) is 10.1. The molecule has 0 spiro atoms. The van der Waals surface area contributed by atoms with E-state index < -0.39 is 0 Å². The number of hydrogen-bond donors (Lipinski definition) is 1. The molecule has 0 unspecified atom stereocenters. The van der Waals surface area contributed by atoms with Crippen LogP contribution in [0, 0.1) is 6.92 Å². The number of hydrogen-bond acceptors (Lipinski definition) is 2. The highest BCUT2D eigenvalue weighted by molar-refractivity contribution is 5.42. The van der Waals surface area contributed by atoms with E-state index in [1.54, 1.807) is 12.1 Å². The van der Waals surface area contributed by atoms with Gasteiger partial charge in [-0.3, -0.25) is 0 Å². The van der Waals surface area contributed by atoms with E-state index >= 15 is 0 Å². The predicted octanol–water partition coefficient (Wildman–Crippen LogP) is 2.88. The molecule has 2 nitrogen and oxygen atoms in total. The third kappa shape index (κ3) is 2.65. The first-order valence-corrected chi connectivity index (χ1v) is 4.38. The van der Waals surface area contributed by atoms with Crippen LogP contribution in [0.1, 0.15) is 26.3 Å². The van der Waals surface area contributed by atoms with Gasteiger partial charge in [-0.25, -0.2) is 0 Å². The van der Waals surface area contributed by atoms with Crippen molar-refractivity contribution >= 4 is 0 Å². The Kier molecular flexibility index (Phi) is 2.50. The van der Waals surface area contributed by atoms with Gasteiger partial charge in [0.25, 0.3) is 0 Å². The van der Waals surface area contributed by atoms with E-state index in [1.807, 2.05) is 33.8 Å². The highest BCUT2D eigenvalue weighted by Crippen LogP contribution is 2.28. The summed E-state index contributed by atoms with van der Waals surface area (Å²) in [6, 6.07) is 5.30. The average molecular weight is 180 g/mol. The Morgan fingerprint density at radius 1 is 1.23 bits per heavy atom. The van der Waals surface area contributed by atoms with Gasteiger partial charge in [0.2, 0.25) is 0 Å². The topological polar surface area (TPSA) is 29.5 Å². The molecule has 13 heavy (non-hydrogen) atoms. The van der Waals surface area contributed by atoms with E-state index in [9.17, 15) is 5.11 Å².